The van der Waals surface area contributed by atoms with E-state index in [1.807, 2.05) is 12.1 Å². The Hall–Kier alpha value is -1.51. The van der Waals surface area contributed by atoms with Crippen LogP contribution in [-0.4, -0.2) is 19.7 Å². The second-order valence-corrected chi connectivity index (χ2v) is 3.46. The molecule has 1 aromatic rings. The standard InChI is InChI=1S/C13H18O3/c1-4-7-10-8-6-9-11(15-3)12(10)13(14)16-5-2/h6,8-9H,4-5,7H2,1-3H3. The van der Waals surface area contributed by atoms with E-state index >= 15 is 0 Å². The molecule has 0 heterocycles. The quantitative estimate of drug-likeness (QED) is 0.719. The Morgan fingerprint density at radius 1 is 1.31 bits per heavy atom. The predicted octanol–water partition coefficient (Wildman–Crippen LogP) is 2.82. The third-order valence-electron chi connectivity index (χ3n) is 2.33. The fourth-order valence-corrected chi connectivity index (χ4v) is 1.66. The number of rotatable bonds is 5. The van der Waals surface area contributed by atoms with Crippen molar-refractivity contribution in [2.45, 2.75) is 26.7 Å². The Labute approximate surface area is 96.4 Å². The molecule has 1 aromatic carbocycles. The van der Waals surface area contributed by atoms with Gasteiger partial charge in [0.15, 0.2) is 0 Å². The van der Waals surface area contributed by atoms with Crippen molar-refractivity contribution in [2.75, 3.05) is 13.7 Å². The van der Waals surface area contributed by atoms with E-state index in [2.05, 4.69) is 6.92 Å². The zero-order chi connectivity index (χ0) is 12.0. The smallest absolute Gasteiger partial charge is 0.342 e. The van der Waals surface area contributed by atoms with E-state index in [1.165, 1.54) is 0 Å². The Bertz CT molecular complexity index is 358. The van der Waals surface area contributed by atoms with Crippen LogP contribution in [0.2, 0.25) is 0 Å². The summed E-state index contributed by atoms with van der Waals surface area (Å²) in [4.78, 5) is 11.8. The minimum Gasteiger partial charge on any atom is -0.496 e. The maximum atomic E-state index is 11.8. The molecule has 16 heavy (non-hydrogen) atoms. The lowest BCUT2D eigenvalue weighted by Crippen LogP contribution is -2.10. The van der Waals surface area contributed by atoms with Gasteiger partial charge < -0.3 is 9.47 Å². The first-order valence-corrected chi connectivity index (χ1v) is 5.57. The number of carbonyl (C=O) groups excluding carboxylic acids is 1. The monoisotopic (exact) mass is 222 g/mol. The van der Waals surface area contributed by atoms with E-state index in [0.29, 0.717) is 17.9 Å². The summed E-state index contributed by atoms with van der Waals surface area (Å²) in [6, 6.07) is 5.62. The summed E-state index contributed by atoms with van der Waals surface area (Å²) in [6.45, 7) is 4.25. The number of hydrogen-bond donors (Lipinski definition) is 0. The topological polar surface area (TPSA) is 35.5 Å². The van der Waals surface area contributed by atoms with Crippen LogP contribution in [0, 0.1) is 0 Å². The van der Waals surface area contributed by atoms with Crippen molar-refractivity contribution in [1.29, 1.82) is 0 Å². The molecular weight excluding hydrogens is 204 g/mol. The summed E-state index contributed by atoms with van der Waals surface area (Å²) < 4.78 is 10.2. The molecule has 1 rings (SSSR count). The molecule has 0 saturated carbocycles. The summed E-state index contributed by atoms with van der Waals surface area (Å²) in [7, 11) is 1.56. The molecule has 3 nitrogen and oxygen atoms in total. The fourth-order valence-electron chi connectivity index (χ4n) is 1.66. The van der Waals surface area contributed by atoms with Gasteiger partial charge in [0, 0.05) is 0 Å². The molecule has 0 aromatic heterocycles. The maximum absolute atomic E-state index is 11.8. The van der Waals surface area contributed by atoms with Crippen LogP contribution in [0.25, 0.3) is 0 Å². The average molecular weight is 222 g/mol. The van der Waals surface area contributed by atoms with Crippen molar-refractivity contribution in [3.05, 3.63) is 29.3 Å². The highest BCUT2D eigenvalue weighted by Crippen LogP contribution is 2.24. The third-order valence-corrected chi connectivity index (χ3v) is 2.33. The molecule has 0 spiro atoms. The van der Waals surface area contributed by atoms with Crippen LogP contribution < -0.4 is 4.74 Å². The maximum Gasteiger partial charge on any atom is 0.342 e. The Morgan fingerprint density at radius 3 is 2.62 bits per heavy atom. The average Bonchev–Trinajstić information content (AvgIpc) is 2.29. The molecule has 0 aliphatic heterocycles. The van der Waals surface area contributed by atoms with Crippen LogP contribution in [0.5, 0.6) is 5.75 Å². The van der Waals surface area contributed by atoms with Crippen LogP contribution in [0.4, 0.5) is 0 Å². The zero-order valence-electron chi connectivity index (χ0n) is 10.1. The molecule has 0 fully saturated rings. The molecule has 88 valence electrons. The van der Waals surface area contributed by atoms with E-state index in [4.69, 9.17) is 9.47 Å². The highest BCUT2D eigenvalue weighted by molar-refractivity contribution is 5.94. The van der Waals surface area contributed by atoms with Crippen molar-refractivity contribution < 1.29 is 14.3 Å². The summed E-state index contributed by atoms with van der Waals surface area (Å²) in [5, 5.41) is 0. The predicted molar refractivity (Wildman–Crippen MR) is 62.9 cm³/mol. The van der Waals surface area contributed by atoms with E-state index in [-0.39, 0.29) is 5.97 Å². The Balaban J connectivity index is 3.13. The van der Waals surface area contributed by atoms with Crippen molar-refractivity contribution >= 4 is 5.97 Å². The van der Waals surface area contributed by atoms with Gasteiger partial charge >= 0.3 is 5.97 Å². The number of ether oxygens (including phenoxy) is 2. The van der Waals surface area contributed by atoms with Gasteiger partial charge in [-0.25, -0.2) is 4.79 Å². The lowest BCUT2D eigenvalue weighted by atomic mass is 10.0. The minimum atomic E-state index is -0.302. The number of aryl methyl sites for hydroxylation is 1. The summed E-state index contributed by atoms with van der Waals surface area (Å²) >= 11 is 0. The van der Waals surface area contributed by atoms with E-state index < -0.39 is 0 Å². The van der Waals surface area contributed by atoms with Gasteiger partial charge in [-0.2, -0.15) is 0 Å². The van der Waals surface area contributed by atoms with Gasteiger partial charge in [-0.15, -0.1) is 0 Å². The number of esters is 1. The molecule has 0 atom stereocenters. The number of benzene rings is 1. The van der Waals surface area contributed by atoms with Gasteiger partial charge in [-0.3, -0.25) is 0 Å². The zero-order valence-corrected chi connectivity index (χ0v) is 10.1. The van der Waals surface area contributed by atoms with Crippen LogP contribution in [0.15, 0.2) is 18.2 Å². The first kappa shape index (κ1) is 12.6. The van der Waals surface area contributed by atoms with Crippen LogP contribution in [0.3, 0.4) is 0 Å². The second-order valence-electron chi connectivity index (χ2n) is 3.46. The summed E-state index contributed by atoms with van der Waals surface area (Å²) in [5.41, 5.74) is 1.55. The number of carbonyl (C=O) groups is 1. The van der Waals surface area contributed by atoms with E-state index in [1.54, 1.807) is 20.1 Å². The van der Waals surface area contributed by atoms with E-state index in [9.17, 15) is 4.79 Å². The molecule has 3 heteroatoms. The highest BCUT2D eigenvalue weighted by atomic mass is 16.5. The highest BCUT2D eigenvalue weighted by Gasteiger charge is 2.17. The normalized spacial score (nSPS) is 9.94. The molecule has 0 saturated heterocycles. The SMILES string of the molecule is CCCc1cccc(OC)c1C(=O)OCC. The Kier molecular flexibility index (Phi) is 4.83. The molecule has 0 bridgehead atoms. The minimum absolute atomic E-state index is 0.302. The lowest BCUT2D eigenvalue weighted by molar-refractivity contribution is 0.0521. The summed E-state index contributed by atoms with van der Waals surface area (Å²) in [5.74, 6) is 0.285. The molecule has 0 aliphatic rings. The van der Waals surface area contributed by atoms with Gasteiger partial charge in [0.1, 0.15) is 11.3 Å². The van der Waals surface area contributed by atoms with Crippen LogP contribution in [0.1, 0.15) is 36.2 Å². The molecule has 0 aliphatic carbocycles. The fraction of sp³-hybridized carbons (Fsp3) is 0.462. The first-order valence-electron chi connectivity index (χ1n) is 5.57. The van der Waals surface area contributed by atoms with Crippen molar-refractivity contribution in [3.8, 4) is 5.75 Å². The number of hydrogen-bond acceptors (Lipinski definition) is 3. The van der Waals surface area contributed by atoms with Crippen molar-refractivity contribution in [3.63, 3.8) is 0 Å². The van der Waals surface area contributed by atoms with Gasteiger partial charge in [0.2, 0.25) is 0 Å². The second kappa shape index (κ2) is 6.16. The lowest BCUT2D eigenvalue weighted by Gasteiger charge is -2.12. The van der Waals surface area contributed by atoms with Gasteiger partial charge in [0.05, 0.1) is 13.7 Å². The van der Waals surface area contributed by atoms with Crippen LogP contribution in [-0.2, 0) is 11.2 Å². The van der Waals surface area contributed by atoms with Crippen molar-refractivity contribution in [2.24, 2.45) is 0 Å². The number of methoxy groups -OCH3 is 1. The first-order chi connectivity index (χ1) is 7.74. The molecule has 0 radical (unpaired) electrons. The van der Waals surface area contributed by atoms with Gasteiger partial charge in [-0.1, -0.05) is 25.5 Å². The molecule has 0 amide bonds. The van der Waals surface area contributed by atoms with Crippen LogP contribution >= 0.6 is 0 Å². The Morgan fingerprint density at radius 2 is 2.06 bits per heavy atom. The van der Waals surface area contributed by atoms with Gasteiger partial charge in [-0.05, 0) is 25.0 Å². The molecular formula is C13H18O3. The summed E-state index contributed by atoms with van der Waals surface area (Å²) in [6.07, 6.45) is 1.84. The van der Waals surface area contributed by atoms with Gasteiger partial charge in [0.25, 0.3) is 0 Å². The largest absolute Gasteiger partial charge is 0.496 e. The third kappa shape index (κ3) is 2.75. The molecule has 0 N–H and O–H groups in total. The van der Waals surface area contributed by atoms with E-state index in [0.717, 1.165) is 18.4 Å². The molecule has 0 unspecified atom stereocenters. The van der Waals surface area contributed by atoms with Crippen molar-refractivity contribution in [1.82, 2.24) is 0 Å².